The molecule has 1 radical (unpaired) electrons. The van der Waals surface area contributed by atoms with Crippen molar-refractivity contribution < 1.29 is 68.3 Å². The average Bonchev–Trinajstić information content (AvgIpc) is 4.01. The van der Waals surface area contributed by atoms with Gasteiger partial charge in [0.25, 0.3) is 11.6 Å². The number of aliphatic hydroxyl groups is 4. The molecule has 7 N–H and O–H groups in total. The third kappa shape index (κ3) is 16.8. The molecule has 3 amide bonds. The van der Waals surface area contributed by atoms with Gasteiger partial charge in [-0.3, -0.25) is 43.9 Å². The maximum absolute atomic E-state index is 13.8. The highest BCUT2D eigenvalue weighted by molar-refractivity contribution is 7.99. The molecule has 4 saturated heterocycles. The summed E-state index contributed by atoms with van der Waals surface area (Å²) in [6.45, 7) is 8.25. The molecule has 19 atom stereocenters. The maximum atomic E-state index is 13.8. The molecule has 27 heteroatoms. The third-order valence-corrected chi connectivity index (χ3v) is 17.8. The van der Waals surface area contributed by atoms with E-state index in [1.165, 1.54) is 24.3 Å². The lowest BCUT2D eigenvalue weighted by molar-refractivity contribution is -0.384. The zero-order valence-corrected chi connectivity index (χ0v) is 49.7. The Balaban J connectivity index is 1.31. The number of nitro groups is 1. The van der Waals surface area contributed by atoms with Gasteiger partial charge < -0.3 is 55.3 Å². The van der Waals surface area contributed by atoms with Crippen molar-refractivity contribution in [3.8, 4) is 0 Å². The smallest absolute Gasteiger partial charge is 0.306 e. The highest BCUT2D eigenvalue weighted by Crippen LogP contribution is 2.44. The number of nitro benzene ring substituents is 1. The number of nitrogens with one attached hydrogen (secondary N) is 3. The van der Waals surface area contributed by atoms with E-state index in [0.29, 0.717) is 24.7 Å². The van der Waals surface area contributed by atoms with Gasteiger partial charge in [-0.25, -0.2) is 0 Å². The van der Waals surface area contributed by atoms with Gasteiger partial charge in [0, 0.05) is 37.1 Å². The van der Waals surface area contributed by atoms with Crippen LogP contribution in [0.3, 0.4) is 0 Å². The fraction of sp³-hybridized carbons (Fsp3) is 0.765. The van der Waals surface area contributed by atoms with Crippen LogP contribution in [0.1, 0.15) is 90.5 Å². The number of rotatable bonds is 26. The number of nitrogens with zero attached hydrogens (tertiary/aromatic N) is 3. The number of thioether (sulfide) groups is 2. The topological polar surface area (TPSA) is 289 Å². The summed E-state index contributed by atoms with van der Waals surface area (Å²) in [5.41, 5.74) is -2.25. The molecule has 21 nitrogen and oxygen atoms in total. The van der Waals surface area contributed by atoms with Gasteiger partial charge in [0.05, 0.1) is 64.8 Å². The summed E-state index contributed by atoms with van der Waals surface area (Å²) in [4.78, 5) is 81.2. The molecular weight excluding hydrogens is 1140 g/mol. The lowest BCUT2D eigenvalue weighted by atomic mass is 9.77. The van der Waals surface area contributed by atoms with Crippen LogP contribution in [0, 0.1) is 33.9 Å². The number of carbonyl (C=O) groups excluding carboxylic acids is 5. The second kappa shape index (κ2) is 30.7. The number of non-ortho nitro benzene ring substituents is 1. The van der Waals surface area contributed by atoms with Crippen LogP contribution in [0.4, 0.5) is 5.69 Å². The molecule has 78 heavy (non-hydrogen) atoms. The first-order valence-electron chi connectivity index (χ1n) is 26.3. The first-order valence-corrected chi connectivity index (χ1v) is 30.6. The van der Waals surface area contributed by atoms with Gasteiger partial charge in [0.2, 0.25) is 11.8 Å². The van der Waals surface area contributed by atoms with Gasteiger partial charge in [-0.15, -0.1) is 46.7 Å². The normalized spacial score (nSPS) is 31.7. The van der Waals surface area contributed by atoms with Crippen molar-refractivity contribution in [2.24, 2.45) is 17.8 Å². The molecule has 7 unspecified atom stereocenters. The third-order valence-electron chi connectivity index (χ3n) is 15.2. The van der Waals surface area contributed by atoms with Crippen LogP contribution in [0.25, 0.3) is 0 Å². The van der Waals surface area contributed by atoms with E-state index < -0.39 is 147 Å². The molecule has 0 saturated carbocycles. The Morgan fingerprint density at radius 3 is 1.68 bits per heavy atom. The van der Waals surface area contributed by atoms with Crippen LogP contribution in [0.5, 0.6) is 0 Å². The van der Waals surface area contributed by atoms with E-state index in [1.807, 2.05) is 23.9 Å². The minimum Gasteiger partial charge on any atom is -0.465 e. The predicted molar refractivity (Wildman–Crippen MR) is 298 cm³/mol. The van der Waals surface area contributed by atoms with Gasteiger partial charge in [-0.05, 0) is 83.5 Å². The molecule has 4 heterocycles. The number of hydrogen-bond donors (Lipinski definition) is 7. The highest BCUT2D eigenvalue weighted by atomic mass is 35.5. The lowest BCUT2D eigenvalue weighted by Crippen LogP contribution is -2.65. The van der Waals surface area contributed by atoms with E-state index in [1.54, 1.807) is 26.4 Å². The Hall–Kier alpha value is -2.49. The summed E-state index contributed by atoms with van der Waals surface area (Å²) >= 11 is 27.5. The van der Waals surface area contributed by atoms with Crippen molar-refractivity contribution in [3.05, 3.63) is 46.0 Å². The van der Waals surface area contributed by atoms with Crippen LogP contribution < -0.4 is 16.0 Å². The molecule has 0 aromatic heterocycles. The molecule has 1 aromatic carbocycles. The lowest BCUT2D eigenvalue weighted by Gasteiger charge is -2.49. The highest BCUT2D eigenvalue weighted by Gasteiger charge is 2.55. The maximum Gasteiger partial charge on any atom is 0.306 e. The molecule has 0 bridgehead atoms. The number of likely N-dealkylation sites (tertiary alicyclic amines) is 2. The molecule has 4 aliphatic rings. The fourth-order valence-corrected chi connectivity index (χ4v) is 13.2. The molecule has 0 spiro atoms. The average molecular weight is 1220 g/mol. The zero-order valence-electron chi connectivity index (χ0n) is 45.1. The molecular formula is C51H77Cl4N6O15S2. The van der Waals surface area contributed by atoms with Crippen molar-refractivity contribution in [3.63, 3.8) is 0 Å². The largest absolute Gasteiger partial charge is 0.465 e. The SMILES string of the molecule is CCCC1CC(C(=O)N[C@H](C(C)Cl)[C@H]2O[C@@H](SC)[C@H]([C](NC(=O)C(Cl)Cl)C(COC(=O)CCC(=O)O[C@@H]3[C@@H](O)[C@@H](O)[C@@H]([C@H](NC(=O)C4CC(CCC)CN4C)C(C)Cl)O[C@@H]3SC)c3ccc([N+](=O)[O-])cc3)[C@H](O)[C@H]2O)N(C)C1. The van der Waals surface area contributed by atoms with Gasteiger partial charge in [-0.1, -0.05) is 62.0 Å². The van der Waals surface area contributed by atoms with Gasteiger partial charge in [-0.2, -0.15) is 0 Å². The van der Waals surface area contributed by atoms with Crippen LogP contribution in [0.2, 0.25) is 0 Å². The monoisotopic (exact) mass is 1220 g/mol. The minimum absolute atomic E-state index is 0.117. The second-order valence-corrected chi connectivity index (χ2v) is 25.1. The van der Waals surface area contributed by atoms with E-state index in [-0.39, 0.29) is 29.1 Å². The summed E-state index contributed by atoms with van der Waals surface area (Å²) in [5.74, 6) is -5.49. The molecule has 1 aromatic rings. The number of likely N-dealkylation sites (N-methyl/N-ethyl adjacent to an activating group) is 2. The van der Waals surface area contributed by atoms with E-state index >= 15 is 0 Å². The first kappa shape index (κ1) is 66.3. The van der Waals surface area contributed by atoms with E-state index in [2.05, 4.69) is 29.8 Å². The number of halogens is 4. The Kier molecular flexibility index (Phi) is 26.1. The van der Waals surface area contributed by atoms with Gasteiger partial charge in [0.1, 0.15) is 48.0 Å². The number of carbonyl (C=O) groups is 5. The van der Waals surface area contributed by atoms with Crippen LogP contribution >= 0.6 is 69.9 Å². The van der Waals surface area contributed by atoms with Crippen LogP contribution in [0.15, 0.2) is 24.3 Å². The number of amides is 3. The van der Waals surface area contributed by atoms with Crippen molar-refractivity contribution in [2.75, 3.05) is 46.3 Å². The molecule has 5 rings (SSSR count). The van der Waals surface area contributed by atoms with Crippen LogP contribution in [-0.4, -0.2) is 204 Å². The fourth-order valence-electron chi connectivity index (χ4n) is 11.1. The zero-order chi connectivity index (χ0) is 57.9. The standard InChI is InChI=1S/C51H77Cl4N6O15S2/c1-9-11-26-19-31(59(5)21-26)47(68)56-36(24(3)52)43-40(65)39(64)35(50(75-43)77-7)38(58-49(70)46(54)55)30(28-13-15-29(16-14-28)61(71)72)23-73-33(62)17-18-34(63)74-45-42(67)41(66)44(76-51(45)78-8)37(25(4)53)57-48(69)32-20-27(12-10-2)22-60(32)6/h13-16,24-27,30-32,35-37,39-46,50-51,64-67H,9-12,17-23H2,1-8H3,(H,56,68)(H,57,69)(H,58,70)/t24?,25?,26?,27?,30?,31?,32?,35-,36-,37-,39+,40-,41-,42+,43-,44-,45-,50+,51-/m1/s1. The van der Waals surface area contributed by atoms with Gasteiger partial charge >= 0.3 is 11.9 Å². The quantitative estimate of drug-likeness (QED) is 0.0298. The van der Waals surface area contributed by atoms with E-state index in [4.69, 9.17) is 65.4 Å². The second-order valence-electron chi connectivity index (χ2n) is 20.8. The van der Waals surface area contributed by atoms with E-state index in [9.17, 15) is 54.5 Å². The van der Waals surface area contributed by atoms with Crippen molar-refractivity contribution in [1.29, 1.82) is 0 Å². The number of benzene rings is 1. The number of esters is 2. The summed E-state index contributed by atoms with van der Waals surface area (Å²) in [6.07, 6.45) is -3.62. The molecule has 4 aliphatic heterocycles. The molecule has 4 fully saturated rings. The van der Waals surface area contributed by atoms with Crippen molar-refractivity contribution in [2.45, 2.75) is 178 Å². The summed E-state index contributed by atoms with van der Waals surface area (Å²) in [7, 11) is 3.73. The predicted octanol–water partition coefficient (Wildman–Crippen LogP) is 4.07. The Labute approximate surface area is 485 Å². The summed E-state index contributed by atoms with van der Waals surface area (Å²) < 4.78 is 24.1. The number of ether oxygens (including phenoxy) is 4. The first-order chi connectivity index (χ1) is 36.9. The minimum atomic E-state index is -1.78. The Morgan fingerprint density at radius 2 is 1.23 bits per heavy atom. The number of hydrogen-bond acceptors (Lipinski definition) is 19. The van der Waals surface area contributed by atoms with Crippen molar-refractivity contribution in [1.82, 2.24) is 25.8 Å². The van der Waals surface area contributed by atoms with E-state index in [0.717, 1.165) is 62.3 Å². The summed E-state index contributed by atoms with van der Waals surface area (Å²) in [6, 6.07) is 2.03. The number of alkyl halides is 4. The van der Waals surface area contributed by atoms with Gasteiger partial charge in [0.15, 0.2) is 10.9 Å². The molecule has 441 valence electrons. The Morgan fingerprint density at radius 1 is 0.756 bits per heavy atom. The summed E-state index contributed by atoms with van der Waals surface area (Å²) in [5, 5.41) is 65.6. The molecule has 0 aliphatic carbocycles. The van der Waals surface area contributed by atoms with Crippen LogP contribution in [-0.2, 0) is 42.9 Å². The number of aliphatic hydroxyl groups excluding tert-OH is 4. The van der Waals surface area contributed by atoms with Crippen molar-refractivity contribution >= 4 is 105 Å². The Bertz CT molecular complexity index is 2160.